The Kier molecular flexibility index (Phi) is 1.21. The first-order valence-corrected chi connectivity index (χ1v) is 4.50. The number of cyclic esters (lactones) is 1. The molecule has 0 spiro atoms. The van der Waals surface area contributed by atoms with E-state index < -0.39 is 0 Å². The van der Waals surface area contributed by atoms with Gasteiger partial charge in [0.2, 0.25) is 0 Å². The van der Waals surface area contributed by atoms with E-state index in [0.717, 1.165) is 28.3 Å². The topological polar surface area (TPSA) is 52.1 Å². The summed E-state index contributed by atoms with van der Waals surface area (Å²) in [5.41, 5.74) is 3.13. The Bertz CT molecular complexity index is 506. The molecule has 0 saturated carbocycles. The van der Waals surface area contributed by atoms with Crippen LogP contribution in [0.2, 0.25) is 0 Å². The van der Waals surface area contributed by atoms with E-state index in [0.29, 0.717) is 12.2 Å². The number of ether oxygens (including phenoxy) is 1. The fourth-order valence-electron chi connectivity index (χ4n) is 1.41. The predicted octanol–water partition coefficient (Wildman–Crippen LogP) is 1.36. The van der Waals surface area contributed by atoms with Crippen molar-refractivity contribution in [2.45, 2.75) is 6.61 Å². The standard InChI is InChI=1S/C8H4N2O2S/c11-8-5-2-7-6(9-13-10-7)1-4(5)3-12-8/h1-2H,3H2. The van der Waals surface area contributed by atoms with Gasteiger partial charge in [0.15, 0.2) is 0 Å². The first-order valence-electron chi connectivity index (χ1n) is 3.77. The van der Waals surface area contributed by atoms with Gasteiger partial charge in [0.1, 0.15) is 17.6 Å². The Morgan fingerprint density at radius 1 is 1.31 bits per heavy atom. The third kappa shape index (κ3) is 0.874. The molecule has 64 valence electrons. The lowest BCUT2D eigenvalue weighted by molar-refractivity contribution is 0.0535. The summed E-state index contributed by atoms with van der Waals surface area (Å²) in [4.78, 5) is 11.2. The highest BCUT2D eigenvalue weighted by molar-refractivity contribution is 7.00. The van der Waals surface area contributed by atoms with Crippen molar-refractivity contribution in [2.24, 2.45) is 0 Å². The zero-order valence-electron chi connectivity index (χ0n) is 6.48. The van der Waals surface area contributed by atoms with Crippen LogP contribution >= 0.6 is 11.7 Å². The van der Waals surface area contributed by atoms with Gasteiger partial charge in [-0.3, -0.25) is 0 Å². The molecule has 0 fully saturated rings. The molecule has 1 aromatic carbocycles. The normalized spacial score (nSPS) is 14.6. The lowest BCUT2D eigenvalue weighted by Crippen LogP contribution is -1.92. The number of hydrogen-bond donors (Lipinski definition) is 0. The van der Waals surface area contributed by atoms with Gasteiger partial charge in [0, 0.05) is 5.56 Å². The Hall–Kier alpha value is -1.49. The molecule has 2 aromatic rings. The summed E-state index contributed by atoms with van der Waals surface area (Å²) >= 11 is 1.15. The molecule has 0 amide bonds. The van der Waals surface area contributed by atoms with Crippen LogP contribution in [0.5, 0.6) is 0 Å². The summed E-state index contributed by atoms with van der Waals surface area (Å²) in [5, 5.41) is 0. The Labute approximate surface area is 77.5 Å². The second-order valence-electron chi connectivity index (χ2n) is 2.84. The molecule has 13 heavy (non-hydrogen) atoms. The van der Waals surface area contributed by atoms with Crippen molar-refractivity contribution in [2.75, 3.05) is 0 Å². The Balaban J connectivity index is 2.40. The van der Waals surface area contributed by atoms with Gasteiger partial charge in [-0.2, -0.15) is 8.75 Å². The average Bonchev–Trinajstić information content (AvgIpc) is 2.70. The van der Waals surface area contributed by atoms with Gasteiger partial charge in [-0.15, -0.1) is 0 Å². The lowest BCUT2D eigenvalue weighted by Gasteiger charge is -1.91. The molecule has 1 aliphatic rings. The van der Waals surface area contributed by atoms with E-state index >= 15 is 0 Å². The number of aromatic nitrogens is 2. The molecule has 0 saturated heterocycles. The number of fused-ring (bicyclic) bond motifs is 2. The molecule has 0 bridgehead atoms. The zero-order valence-corrected chi connectivity index (χ0v) is 7.30. The number of esters is 1. The quantitative estimate of drug-likeness (QED) is 0.591. The molecule has 0 unspecified atom stereocenters. The van der Waals surface area contributed by atoms with Crippen LogP contribution in [0.25, 0.3) is 11.0 Å². The van der Waals surface area contributed by atoms with Gasteiger partial charge in [-0.25, -0.2) is 4.79 Å². The largest absolute Gasteiger partial charge is 0.457 e. The predicted molar refractivity (Wildman–Crippen MR) is 46.5 cm³/mol. The highest BCUT2D eigenvalue weighted by Crippen LogP contribution is 2.24. The molecule has 4 nitrogen and oxygen atoms in total. The molecule has 2 heterocycles. The van der Waals surface area contributed by atoms with Crippen LogP contribution in [-0.2, 0) is 11.3 Å². The molecule has 5 heteroatoms. The van der Waals surface area contributed by atoms with Crippen molar-refractivity contribution in [3.8, 4) is 0 Å². The maximum atomic E-state index is 11.2. The number of carbonyl (C=O) groups is 1. The lowest BCUT2D eigenvalue weighted by atomic mass is 10.1. The SMILES string of the molecule is O=C1OCc2cc3nsnc3cc21. The van der Waals surface area contributed by atoms with Crippen LogP contribution in [0, 0.1) is 0 Å². The molecular weight excluding hydrogens is 188 g/mol. The van der Waals surface area contributed by atoms with Crippen LogP contribution in [-0.4, -0.2) is 14.7 Å². The summed E-state index contributed by atoms with van der Waals surface area (Å²) in [6.07, 6.45) is 0. The van der Waals surface area contributed by atoms with Crippen molar-refractivity contribution in [1.82, 2.24) is 8.75 Å². The summed E-state index contributed by atoms with van der Waals surface area (Å²) in [5.74, 6) is -0.259. The van der Waals surface area contributed by atoms with E-state index in [1.165, 1.54) is 0 Å². The first-order chi connectivity index (χ1) is 6.34. The number of nitrogens with zero attached hydrogens (tertiary/aromatic N) is 2. The summed E-state index contributed by atoms with van der Waals surface area (Å²) in [7, 11) is 0. The Morgan fingerprint density at radius 2 is 2.08 bits per heavy atom. The van der Waals surface area contributed by atoms with Crippen LogP contribution < -0.4 is 0 Å². The third-order valence-corrected chi connectivity index (χ3v) is 2.61. The molecule has 1 aromatic heterocycles. The van der Waals surface area contributed by atoms with Crippen LogP contribution in [0.15, 0.2) is 12.1 Å². The average molecular weight is 192 g/mol. The zero-order chi connectivity index (χ0) is 8.84. The number of hydrogen-bond acceptors (Lipinski definition) is 5. The molecule has 0 radical (unpaired) electrons. The molecule has 0 atom stereocenters. The smallest absolute Gasteiger partial charge is 0.338 e. The van der Waals surface area contributed by atoms with Gasteiger partial charge in [-0.05, 0) is 12.1 Å². The van der Waals surface area contributed by atoms with Gasteiger partial charge in [0.05, 0.1) is 17.3 Å². The van der Waals surface area contributed by atoms with Crippen molar-refractivity contribution in [3.05, 3.63) is 23.3 Å². The number of benzene rings is 1. The third-order valence-electron chi connectivity index (χ3n) is 2.06. The second-order valence-corrected chi connectivity index (χ2v) is 3.37. The highest BCUT2D eigenvalue weighted by atomic mass is 32.1. The van der Waals surface area contributed by atoms with E-state index in [-0.39, 0.29) is 5.97 Å². The van der Waals surface area contributed by atoms with Crippen molar-refractivity contribution >= 4 is 28.7 Å². The van der Waals surface area contributed by atoms with E-state index in [4.69, 9.17) is 4.74 Å². The maximum absolute atomic E-state index is 11.2. The highest BCUT2D eigenvalue weighted by Gasteiger charge is 2.22. The monoisotopic (exact) mass is 192 g/mol. The van der Waals surface area contributed by atoms with Crippen molar-refractivity contribution in [3.63, 3.8) is 0 Å². The summed E-state index contributed by atoms with van der Waals surface area (Å²) in [6.45, 7) is 0.363. The first kappa shape index (κ1) is 6.97. The fraction of sp³-hybridized carbons (Fsp3) is 0.125. The fourth-order valence-corrected chi connectivity index (χ4v) is 1.91. The van der Waals surface area contributed by atoms with Crippen molar-refractivity contribution in [1.29, 1.82) is 0 Å². The van der Waals surface area contributed by atoms with E-state index in [1.807, 2.05) is 6.07 Å². The molecule has 1 aliphatic heterocycles. The maximum Gasteiger partial charge on any atom is 0.338 e. The van der Waals surface area contributed by atoms with Gasteiger partial charge >= 0.3 is 5.97 Å². The second kappa shape index (κ2) is 2.26. The van der Waals surface area contributed by atoms with Gasteiger partial charge < -0.3 is 4.74 Å². The minimum Gasteiger partial charge on any atom is -0.457 e. The van der Waals surface area contributed by atoms with Crippen molar-refractivity contribution < 1.29 is 9.53 Å². The molecular formula is C8H4N2O2S. The minimum absolute atomic E-state index is 0.259. The van der Waals surface area contributed by atoms with E-state index in [2.05, 4.69) is 8.75 Å². The van der Waals surface area contributed by atoms with Crippen LogP contribution in [0.4, 0.5) is 0 Å². The number of rotatable bonds is 0. The molecule has 3 rings (SSSR count). The van der Waals surface area contributed by atoms with Crippen LogP contribution in [0.1, 0.15) is 15.9 Å². The number of carbonyl (C=O) groups excluding carboxylic acids is 1. The minimum atomic E-state index is -0.259. The van der Waals surface area contributed by atoms with E-state index in [9.17, 15) is 4.79 Å². The summed E-state index contributed by atoms with van der Waals surface area (Å²) < 4.78 is 13.0. The molecule has 0 aliphatic carbocycles. The van der Waals surface area contributed by atoms with Crippen LogP contribution in [0.3, 0.4) is 0 Å². The van der Waals surface area contributed by atoms with Gasteiger partial charge in [0.25, 0.3) is 0 Å². The Morgan fingerprint density at radius 3 is 2.92 bits per heavy atom. The van der Waals surface area contributed by atoms with Gasteiger partial charge in [-0.1, -0.05) is 0 Å². The molecule has 0 N–H and O–H groups in total. The summed E-state index contributed by atoms with van der Waals surface area (Å²) in [6, 6.07) is 3.60. The van der Waals surface area contributed by atoms with E-state index in [1.54, 1.807) is 6.07 Å².